The number of nitrogens with zero attached hydrogens (tertiary/aromatic N) is 2. The van der Waals surface area contributed by atoms with E-state index in [-0.39, 0.29) is 0 Å². The van der Waals surface area contributed by atoms with Crippen molar-refractivity contribution in [3.63, 3.8) is 0 Å². The first-order valence-electron chi connectivity index (χ1n) is 15.3. The molecule has 2 heteroatoms. The fraction of sp³-hybridized carbons (Fsp3) is 0.903. The molecule has 0 saturated heterocycles. The smallest absolute Gasteiger partial charge is 0.111 e. The van der Waals surface area contributed by atoms with E-state index in [1.165, 1.54) is 147 Å². The van der Waals surface area contributed by atoms with Crippen LogP contribution in [0.4, 0.5) is 0 Å². The zero-order valence-electron chi connectivity index (χ0n) is 23.3. The molecule has 0 aromatic carbocycles. The van der Waals surface area contributed by atoms with Gasteiger partial charge in [0.25, 0.3) is 0 Å². The molecule has 0 saturated carbocycles. The van der Waals surface area contributed by atoms with Crippen LogP contribution in [-0.4, -0.2) is 9.55 Å². The van der Waals surface area contributed by atoms with Crippen LogP contribution in [0.25, 0.3) is 0 Å². The summed E-state index contributed by atoms with van der Waals surface area (Å²) in [6.07, 6.45) is 35.0. The Morgan fingerprint density at radius 3 is 1.55 bits per heavy atom. The van der Waals surface area contributed by atoms with Crippen molar-refractivity contribution in [3.8, 4) is 0 Å². The maximum atomic E-state index is 4.88. The van der Waals surface area contributed by atoms with Gasteiger partial charge in [-0.2, -0.15) is 0 Å². The van der Waals surface area contributed by atoms with Crippen LogP contribution in [-0.2, 0) is 0 Å². The summed E-state index contributed by atoms with van der Waals surface area (Å²) in [6, 6.07) is 0.593. The van der Waals surface area contributed by atoms with Crippen LogP contribution in [0, 0.1) is 0 Å². The highest BCUT2D eigenvalue weighted by molar-refractivity contribution is 5.02. The largest absolute Gasteiger partial charge is 0.332 e. The lowest BCUT2D eigenvalue weighted by molar-refractivity contribution is 0.417. The van der Waals surface area contributed by atoms with E-state index >= 15 is 0 Å². The Bertz CT molecular complexity index is 521. The summed E-state index contributed by atoms with van der Waals surface area (Å²) >= 11 is 0. The van der Waals surface area contributed by atoms with Gasteiger partial charge in [0.15, 0.2) is 0 Å². The Morgan fingerprint density at radius 2 is 1.00 bits per heavy atom. The molecule has 0 bridgehead atoms. The van der Waals surface area contributed by atoms with Crippen molar-refractivity contribution in [2.24, 2.45) is 0 Å². The monoisotopic (exact) mass is 460 g/mol. The van der Waals surface area contributed by atoms with Crippen molar-refractivity contribution in [3.05, 3.63) is 18.2 Å². The van der Waals surface area contributed by atoms with Crippen molar-refractivity contribution < 1.29 is 0 Å². The minimum absolute atomic E-state index is 0.593. The van der Waals surface area contributed by atoms with E-state index in [9.17, 15) is 0 Å². The van der Waals surface area contributed by atoms with Gasteiger partial charge in [0.2, 0.25) is 0 Å². The van der Waals surface area contributed by atoms with Crippen LogP contribution in [0.5, 0.6) is 0 Å². The lowest BCUT2D eigenvalue weighted by Crippen LogP contribution is -2.13. The minimum atomic E-state index is 0.593. The van der Waals surface area contributed by atoms with Crippen LogP contribution >= 0.6 is 0 Å². The Kier molecular flexibility index (Phi) is 19.9. The first-order chi connectivity index (χ1) is 16.2. The van der Waals surface area contributed by atoms with Crippen LogP contribution < -0.4 is 0 Å². The summed E-state index contributed by atoms with van der Waals surface area (Å²) < 4.78 is 2.52. The highest BCUT2D eigenvalue weighted by Gasteiger charge is 2.19. The number of hydrogen-bond donors (Lipinski definition) is 0. The molecular formula is C31H60N2. The molecule has 0 fully saturated rings. The van der Waals surface area contributed by atoms with Gasteiger partial charge in [-0.3, -0.25) is 0 Å². The minimum Gasteiger partial charge on any atom is -0.332 e. The number of hydrogen-bond acceptors (Lipinski definition) is 1. The zero-order chi connectivity index (χ0) is 24.0. The van der Waals surface area contributed by atoms with Crippen molar-refractivity contribution >= 4 is 0 Å². The molecule has 1 aromatic heterocycles. The summed E-state index contributed by atoms with van der Waals surface area (Å²) in [7, 11) is 0. The third-order valence-corrected chi connectivity index (χ3v) is 7.58. The van der Waals surface area contributed by atoms with E-state index in [0.717, 1.165) is 0 Å². The van der Waals surface area contributed by atoms with E-state index < -0.39 is 0 Å². The summed E-state index contributed by atoms with van der Waals surface area (Å²) in [5, 5.41) is 0. The van der Waals surface area contributed by atoms with Gasteiger partial charge in [0.1, 0.15) is 5.82 Å². The molecule has 2 unspecified atom stereocenters. The van der Waals surface area contributed by atoms with Gasteiger partial charge >= 0.3 is 0 Å². The standard InChI is InChI=1S/C31H60N2/c1-5-8-11-13-14-15-16-17-18-19-20-21-23-26-30(25-10-7-3)31-32-27-28-33(31)29(4)24-22-12-9-6-2/h27-30H,5-26H2,1-4H3. The van der Waals surface area contributed by atoms with Gasteiger partial charge < -0.3 is 4.57 Å². The molecule has 0 amide bonds. The lowest BCUT2D eigenvalue weighted by Gasteiger charge is -2.22. The highest BCUT2D eigenvalue weighted by atomic mass is 15.1. The molecule has 0 N–H and O–H groups in total. The molecule has 0 spiro atoms. The fourth-order valence-electron chi connectivity index (χ4n) is 5.28. The fourth-order valence-corrected chi connectivity index (χ4v) is 5.28. The topological polar surface area (TPSA) is 17.8 Å². The number of unbranched alkanes of at least 4 members (excludes halogenated alkanes) is 16. The third-order valence-electron chi connectivity index (χ3n) is 7.58. The van der Waals surface area contributed by atoms with E-state index in [1.807, 2.05) is 0 Å². The van der Waals surface area contributed by atoms with Crippen LogP contribution in [0.1, 0.15) is 187 Å². The van der Waals surface area contributed by atoms with Crippen LogP contribution in [0.15, 0.2) is 12.4 Å². The quantitative estimate of drug-likeness (QED) is 0.140. The predicted molar refractivity (Wildman–Crippen MR) is 148 cm³/mol. The van der Waals surface area contributed by atoms with Crippen molar-refractivity contribution in [2.45, 2.75) is 181 Å². The third kappa shape index (κ3) is 14.9. The maximum Gasteiger partial charge on any atom is 0.111 e. The van der Waals surface area contributed by atoms with E-state index in [0.29, 0.717) is 12.0 Å². The molecule has 33 heavy (non-hydrogen) atoms. The van der Waals surface area contributed by atoms with E-state index in [2.05, 4.69) is 44.7 Å². The van der Waals surface area contributed by atoms with Gasteiger partial charge in [-0.15, -0.1) is 0 Å². The molecule has 194 valence electrons. The van der Waals surface area contributed by atoms with Gasteiger partial charge in [-0.25, -0.2) is 4.98 Å². The maximum absolute atomic E-state index is 4.88. The Hall–Kier alpha value is -0.790. The van der Waals surface area contributed by atoms with Gasteiger partial charge in [-0.1, -0.05) is 143 Å². The summed E-state index contributed by atoms with van der Waals surface area (Å²) in [5.74, 6) is 2.04. The summed E-state index contributed by atoms with van der Waals surface area (Å²) in [4.78, 5) is 4.88. The Morgan fingerprint density at radius 1 is 0.576 bits per heavy atom. The lowest BCUT2D eigenvalue weighted by atomic mass is 9.93. The molecule has 2 atom stereocenters. The molecule has 0 aliphatic heterocycles. The molecule has 1 rings (SSSR count). The predicted octanol–water partition coefficient (Wildman–Crippen LogP) is 11.2. The van der Waals surface area contributed by atoms with Gasteiger partial charge in [0, 0.05) is 24.4 Å². The average Bonchev–Trinajstić information content (AvgIpc) is 3.31. The Labute approximate surface area is 208 Å². The van der Waals surface area contributed by atoms with Gasteiger partial charge in [0.05, 0.1) is 0 Å². The first kappa shape index (κ1) is 30.2. The second-order valence-corrected chi connectivity index (χ2v) is 10.8. The van der Waals surface area contributed by atoms with E-state index in [1.54, 1.807) is 0 Å². The molecule has 1 aromatic rings. The van der Waals surface area contributed by atoms with Crippen molar-refractivity contribution in [1.82, 2.24) is 9.55 Å². The molecule has 0 aliphatic rings. The number of imidazole rings is 1. The van der Waals surface area contributed by atoms with Crippen molar-refractivity contribution in [2.75, 3.05) is 0 Å². The number of rotatable bonds is 24. The van der Waals surface area contributed by atoms with Crippen molar-refractivity contribution in [1.29, 1.82) is 0 Å². The highest BCUT2D eigenvalue weighted by Crippen LogP contribution is 2.30. The van der Waals surface area contributed by atoms with Crippen LogP contribution in [0.3, 0.4) is 0 Å². The number of aromatic nitrogens is 2. The average molecular weight is 461 g/mol. The first-order valence-corrected chi connectivity index (χ1v) is 15.3. The molecule has 2 nitrogen and oxygen atoms in total. The molecule has 1 heterocycles. The van der Waals surface area contributed by atoms with Gasteiger partial charge in [-0.05, 0) is 26.2 Å². The Balaban J connectivity index is 2.26. The summed E-state index contributed by atoms with van der Waals surface area (Å²) in [5.41, 5.74) is 0. The summed E-state index contributed by atoms with van der Waals surface area (Å²) in [6.45, 7) is 9.33. The van der Waals surface area contributed by atoms with E-state index in [4.69, 9.17) is 4.98 Å². The zero-order valence-corrected chi connectivity index (χ0v) is 23.3. The second kappa shape index (κ2) is 21.7. The SMILES string of the molecule is CCCCCCCCCCCCCCCC(CCCC)c1nccn1C(C)CCCCCC. The molecule has 0 aliphatic carbocycles. The molecular weight excluding hydrogens is 400 g/mol. The van der Waals surface area contributed by atoms with Crippen LogP contribution in [0.2, 0.25) is 0 Å². The second-order valence-electron chi connectivity index (χ2n) is 10.8. The molecule has 0 radical (unpaired) electrons. The normalized spacial score (nSPS) is 13.5.